The maximum atomic E-state index is 9.49. The quantitative estimate of drug-likeness (QED) is 0.293. The normalized spacial score (nSPS) is 11.5. The SMILES string of the molecule is CC(C)c1cccc(Oc2ccc(/C(=N/O)N(C)Cc3cccnc3)cn2)c1. The first kappa shape index (κ1) is 19.4. The van der Waals surface area contributed by atoms with E-state index in [2.05, 4.69) is 35.0 Å². The molecule has 0 amide bonds. The van der Waals surface area contributed by atoms with Gasteiger partial charge in [-0.3, -0.25) is 4.98 Å². The number of nitrogens with zero attached hydrogens (tertiary/aromatic N) is 4. The molecular weight excluding hydrogens is 352 g/mol. The molecular formula is C22H24N4O2. The smallest absolute Gasteiger partial charge is 0.219 e. The molecule has 2 aromatic heterocycles. The lowest BCUT2D eigenvalue weighted by atomic mass is 10.0. The molecule has 0 saturated carbocycles. The minimum Gasteiger partial charge on any atom is -0.439 e. The van der Waals surface area contributed by atoms with Gasteiger partial charge in [-0.15, -0.1) is 0 Å². The molecule has 0 saturated heterocycles. The van der Waals surface area contributed by atoms with Crippen molar-refractivity contribution in [2.75, 3.05) is 7.05 Å². The van der Waals surface area contributed by atoms with Crippen molar-refractivity contribution in [2.45, 2.75) is 26.3 Å². The Labute approximate surface area is 165 Å². The summed E-state index contributed by atoms with van der Waals surface area (Å²) in [4.78, 5) is 10.3. The monoisotopic (exact) mass is 376 g/mol. The van der Waals surface area contributed by atoms with Gasteiger partial charge in [0.25, 0.3) is 0 Å². The van der Waals surface area contributed by atoms with Gasteiger partial charge in [0.2, 0.25) is 5.88 Å². The van der Waals surface area contributed by atoms with Gasteiger partial charge in [0.1, 0.15) is 5.75 Å². The van der Waals surface area contributed by atoms with Crippen LogP contribution in [-0.2, 0) is 6.54 Å². The van der Waals surface area contributed by atoms with Gasteiger partial charge in [0, 0.05) is 43.8 Å². The molecule has 144 valence electrons. The van der Waals surface area contributed by atoms with Crippen molar-refractivity contribution in [3.63, 3.8) is 0 Å². The lowest BCUT2D eigenvalue weighted by molar-refractivity contribution is 0.306. The Morgan fingerprint density at radius 3 is 2.64 bits per heavy atom. The molecule has 0 aliphatic carbocycles. The number of amidine groups is 1. The van der Waals surface area contributed by atoms with E-state index in [0.717, 1.165) is 11.3 Å². The number of pyridine rings is 2. The predicted octanol–water partition coefficient (Wildman–Crippen LogP) is 4.66. The summed E-state index contributed by atoms with van der Waals surface area (Å²) in [5.41, 5.74) is 2.92. The second-order valence-corrected chi connectivity index (χ2v) is 6.86. The van der Waals surface area contributed by atoms with Crippen molar-refractivity contribution in [1.29, 1.82) is 0 Å². The largest absolute Gasteiger partial charge is 0.439 e. The van der Waals surface area contributed by atoms with E-state index < -0.39 is 0 Å². The first-order valence-corrected chi connectivity index (χ1v) is 9.13. The number of benzene rings is 1. The second-order valence-electron chi connectivity index (χ2n) is 6.86. The standard InChI is InChI=1S/C22H24N4O2/c1-16(2)18-7-4-8-20(12-18)28-21-10-9-19(14-24-21)22(25-27)26(3)15-17-6-5-11-23-13-17/h4-14,16,27H,15H2,1-3H3/b25-22-. The molecule has 2 heterocycles. The van der Waals surface area contributed by atoms with Gasteiger partial charge in [-0.2, -0.15) is 0 Å². The highest BCUT2D eigenvalue weighted by Crippen LogP contribution is 2.24. The number of hydrogen-bond acceptors (Lipinski definition) is 5. The van der Waals surface area contributed by atoms with Crippen LogP contribution in [0.15, 0.2) is 72.3 Å². The summed E-state index contributed by atoms with van der Waals surface area (Å²) < 4.78 is 5.86. The molecule has 3 rings (SSSR count). The summed E-state index contributed by atoms with van der Waals surface area (Å²) >= 11 is 0. The van der Waals surface area contributed by atoms with Crippen LogP contribution in [0.3, 0.4) is 0 Å². The molecule has 0 atom stereocenters. The van der Waals surface area contributed by atoms with E-state index in [0.29, 0.717) is 29.7 Å². The third kappa shape index (κ3) is 4.85. The molecule has 3 aromatic rings. The van der Waals surface area contributed by atoms with Gasteiger partial charge < -0.3 is 14.8 Å². The Hall–Kier alpha value is -3.41. The van der Waals surface area contributed by atoms with E-state index >= 15 is 0 Å². The second kappa shape index (κ2) is 8.99. The lowest BCUT2D eigenvalue weighted by Gasteiger charge is -2.20. The van der Waals surface area contributed by atoms with E-state index in [9.17, 15) is 5.21 Å². The first-order valence-electron chi connectivity index (χ1n) is 9.13. The molecule has 0 aliphatic rings. The third-order valence-electron chi connectivity index (χ3n) is 4.34. The average molecular weight is 376 g/mol. The van der Waals surface area contributed by atoms with E-state index in [1.54, 1.807) is 24.7 Å². The Morgan fingerprint density at radius 1 is 1.14 bits per heavy atom. The van der Waals surface area contributed by atoms with Crippen molar-refractivity contribution in [2.24, 2.45) is 5.16 Å². The lowest BCUT2D eigenvalue weighted by Crippen LogP contribution is -2.27. The highest BCUT2D eigenvalue weighted by molar-refractivity contribution is 5.97. The summed E-state index contributed by atoms with van der Waals surface area (Å²) in [5, 5.41) is 12.9. The van der Waals surface area contributed by atoms with Gasteiger partial charge in [-0.1, -0.05) is 37.2 Å². The van der Waals surface area contributed by atoms with Crippen LogP contribution in [-0.4, -0.2) is 33.0 Å². The van der Waals surface area contributed by atoms with Crippen molar-refractivity contribution >= 4 is 5.84 Å². The van der Waals surface area contributed by atoms with Gasteiger partial charge >= 0.3 is 0 Å². The summed E-state index contributed by atoms with van der Waals surface area (Å²) in [7, 11) is 1.85. The van der Waals surface area contributed by atoms with E-state index in [4.69, 9.17) is 4.74 Å². The molecule has 0 bridgehead atoms. The zero-order chi connectivity index (χ0) is 19.9. The van der Waals surface area contributed by atoms with Crippen LogP contribution in [0.5, 0.6) is 11.6 Å². The number of oxime groups is 1. The van der Waals surface area contributed by atoms with Gasteiger partial charge in [0.05, 0.1) is 0 Å². The predicted molar refractivity (Wildman–Crippen MR) is 109 cm³/mol. The van der Waals surface area contributed by atoms with Crippen LogP contribution in [0.25, 0.3) is 0 Å². The van der Waals surface area contributed by atoms with Crippen LogP contribution in [0.1, 0.15) is 36.5 Å². The zero-order valence-corrected chi connectivity index (χ0v) is 16.3. The highest BCUT2D eigenvalue weighted by atomic mass is 16.5. The van der Waals surface area contributed by atoms with Crippen LogP contribution in [0.4, 0.5) is 0 Å². The molecule has 0 spiro atoms. The minimum atomic E-state index is 0.421. The summed E-state index contributed by atoms with van der Waals surface area (Å²) in [6.07, 6.45) is 5.15. The van der Waals surface area contributed by atoms with Crippen molar-refractivity contribution < 1.29 is 9.94 Å². The number of hydrogen-bond donors (Lipinski definition) is 1. The molecule has 6 heteroatoms. The van der Waals surface area contributed by atoms with E-state index in [1.165, 1.54) is 5.56 Å². The van der Waals surface area contributed by atoms with Crippen LogP contribution in [0.2, 0.25) is 0 Å². The summed E-state index contributed by atoms with van der Waals surface area (Å²) in [6.45, 7) is 4.85. The minimum absolute atomic E-state index is 0.421. The Kier molecular flexibility index (Phi) is 6.22. The van der Waals surface area contributed by atoms with Gasteiger partial charge in [-0.05, 0) is 41.3 Å². The number of rotatable bonds is 6. The molecule has 0 fully saturated rings. The Bertz CT molecular complexity index is 925. The third-order valence-corrected chi connectivity index (χ3v) is 4.34. The van der Waals surface area contributed by atoms with Crippen molar-refractivity contribution in [1.82, 2.24) is 14.9 Å². The molecule has 0 radical (unpaired) electrons. The van der Waals surface area contributed by atoms with Crippen molar-refractivity contribution in [3.8, 4) is 11.6 Å². The van der Waals surface area contributed by atoms with Crippen LogP contribution in [0, 0.1) is 0 Å². The fourth-order valence-electron chi connectivity index (χ4n) is 2.83. The van der Waals surface area contributed by atoms with Gasteiger partial charge in [-0.25, -0.2) is 4.98 Å². The molecule has 1 N–H and O–H groups in total. The highest BCUT2D eigenvalue weighted by Gasteiger charge is 2.12. The Balaban J connectivity index is 1.71. The number of ether oxygens (including phenoxy) is 1. The first-order chi connectivity index (χ1) is 13.6. The molecule has 1 aromatic carbocycles. The fraction of sp³-hybridized carbons (Fsp3) is 0.227. The zero-order valence-electron chi connectivity index (χ0n) is 16.3. The summed E-state index contributed by atoms with van der Waals surface area (Å²) in [6, 6.07) is 15.4. The topological polar surface area (TPSA) is 70.8 Å². The molecule has 6 nitrogen and oxygen atoms in total. The van der Waals surface area contributed by atoms with E-state index in [1.807, 2.05) is 48.3 Å². The fourth-order valence-corrected chi connectivity index (χ4v) is 2.83. The Morgan fingerprint density at radius 2 is 2.00 bits per heavy atom. The van der Waals surface area contributed by atoms with Crippen LogP contribution < -0.4 is 4.74 Å². The number of aromatic nitrogens is 2. The summed E-state index contributed by atoms with van der Waals surface area (Å²) in [5.74, 6) is 2.08. The average Bonchev–Trinajstić information content (AvgIpc) is 2.71. The molecule has 28 heavy (non-hydrogen) atoms. The maximum absolute atomic E-state index is 9.49. The molecule has 0 aliphatic heterocycles. The van der Waals surface area contributed by atoms with Gasteiger partial charge in [0.15, 0.2) is 5.84 Å². The van der Waals surface area contributed by atoms with Crippen molar-refractivity contribution in [3.05, 3.63) is 83.8 Å². The maximum Gasteiger partial charge on any atom is 0.219 e. The van der Waals surface area contributed by atoms with Crippen LogP contribution >= 0.6 is 0 Å². The molecule has 0 unspecified atom stereocenters. The van der Waals surface area contributed by atoms with E-state index in [-0.39, 0.29) is 0 Å².